The number of thioether (sulfide) groups is 1. The van der Waals surface area contributed by atoms with Crippen LogP contribution in [0, 0.1) is 19.8 Å². The van der Waals surface area contributed by atoms with Crippen molar-refractivity contribution >= 4 is 17.7 Å². The van der Waals surface area contributed by atoms with Crippen LogP contribution >= 0.6 is 11.8 Å². The van der Waals surface area contributed by atoms with Crippen LogP contribution in [-0.2, 0) is 4.79 Å². The first-order chi connectivity index (χ1) is 12.6. The minimum atomic E-state index is 0.153. The number of rotatable bonds is 6. The first-order valence-corrected chi connectivity index (χ1v) is 9.98. The number of ether oxygens (including phenoxy) is 1. The van der Waals surface area contributed by atoms with E-state index in [9.17, 15) is 4.79 Å². The number of piperidine rings is 1. The minimum absolute atomic E-state index is 0.153. The summed E-state index contributed by atoms with van der Waals surface area (Å²) in [6, 6.07) is 9.95. The van der Waals surface area contributed by atoms with Crippen LogP contribution in [0.25, 0.3) is 0 Å². The largest absolute Gasteiger partial charge is 0.493 e. The van der Waals surface area contributed by atoms with Crippen molar-refractivity contribution in [2.75, 3.05) is 25.4 Å². The normalized spacial score (nSPS) is 17.2. The van der Waals surface area contributed by atoms with Gasteiger partial charge in [0.25, 0.3) is 0 Å². The summed E-state index contributed by atoms with van der Waals surface area (Å²) in [5.41, 5.74) is 2.11. The van der Waals surface area contributed by atoms with Gasteiger partial charge in [-0.1, -0.05) is 23.9 Å². The highest BCUT2D eigenvalue weighted by atomic mass is 32.2. The van der Waals surface area contributed by atoms with Gasteiger partial charge in [0.05, 0.1) is 12.4 Å². The molecule has 1 unspecified atom stereocenters. The average molecular weight is 372 g/mol. The Balaban J connectivity index is 1.47. The molecule has 1 aromatic heterocycles. The van der Waals surface area contributed by atoms with Gasteiger partial charge in [0, 0.05) is 30.9 Å². The van der Waals surface area contributed by atoms with Gasteiger partial charge in [0.2, 0.25) is 5.91 Å². The summed E-state index contributed by atoms with van der Waals surface area (Å²) in [6.45, 7) is 6.23. The van der Waals surface area contributed by atoms with E-state index in [2.05, 4.69) is 23.0 Å². The molecule has 0 N–H and O–H groups in total. The fourth-order valence-electron chi connectivity index (χ4n) is 3.06. The number of carbonyl (C=O) groups is 1. The van der Waals surface area contributed by atoms with Gasteiger partial charge in [0.15, 0.2) is 5.16 Å². The second-order valence-corrected chi connectivity index (χ2v) is 7.69. The second kappa shape index (κ2) is 9.03. The fourth-order valence-corrected chi connectivity index (χ4v) is 3.84. The molecule has 1 atom stereocenters. The van der Waals surface area contributed by atoms with E-state index in [1.54, 1.807) is 6.20 Å². The van der Waals surface area contributed by atoms with Gasteiger partial charge in [-0.15, -0.1) is 0 Å². The van der Waals surface area contributed by atoms with Crippen LogP contribution in [0.15, 0.2) is 41.7 Å². The molecule has 0 bridgehead atoms. The molecule has 1 aromatic carbocycles. The number of aryl methyl sites for hydroxylation is 2. The SMILES string of the molecule is Cc1cccc(OCC2CCCN(C(=O)CSc3nccc(C)n3)C2)c1. The number of hydrogen-bond acceptors (Lipinski definition) is 5. The maximum absolute atomic E-state index is 12.5. The van der Waals surface area contributed by atoms with E-state index >= 15 is 0 Å². The molecule has 138 valence electrons. The van der Waals surface area contributed by atoms with Gasteiger partial charge >= 0.3 is 0 Å². The molecular weight excluding hydrogens is 346 g/mol. The van der Waals surface area contributed by atoms with Gasteiger partial charge < -0.3 is 9.64 Å². The lowest BCUT2D eigenvalue weighted by Crippen LogP contribution is -2.42. The van der Waals surface area contributed by atoms with Crippen molar-refractivity contribution < 1.29 is 9.53 Å². The Hall–Kier alpha value is -2.08. The highest BCUT2D eigenvalue weighted by molar-refractivity contribution is 7.99. The zero-order valence-corrected chi connectivity index (χ0v) is 16.2. The lowest BCUT2D eigenvalue weighted by atomic mass is 9.99. The van der Waals surface area contributed by atoms with Crippen molar-refractivity contribution in [2.45, 2.75) is 31.8 Å². The van der Waals surface area contributed by atoms with Crippen LogP contribution in [0.3, 0.4) is 0 Å². The van der Waals surface area contributed by atoms with Gasteiger partial charge in [-0.25, -0.2) is 9.97 Å². The summed E-state index contributed by atoms with van der Waals surface area (Å²) in [5, 5.41) is 0.662. The van der Waals surface area contributed by atoms with E-state index in [1.165, 1.54) is 17.3 Å². The topological polar surface area (TPSA) is 55.3 Å². The zero-order valence-electron chi connectivity index (χ0n) is 15.4. The van der Waals surface area contributed by atoms with Crippen molar-refractivity contribution in [1.82, 2.24) is 14.9 Å². The van der Waals surface area contributed by atoms with Crippen LogP contribution in [0.4, 0.5) is 0 Å². The Morgan fingerprint density at radius 2 is 2.23 bits per heavy atom. The molecule has 1 aliphatic rings. The summed E-state index contributed by atoms with van der Waals surface area (Å²) in [5.74, 6) is 1.82. The van der Waals surface area contributed by atoms with Gasteiger partial charge in [-0.05, 0) is 50.5 Å². The molecule has 5 nitrogen and oxygen atoms in total. The molecule has 1 amide bonds. The van der Waals surface area contributed by atoms with Crippen LogP contribution in [0.1, 0.15) is 24.1 Å². The Bertz CT molecular complexity index is 753. The maximum Gasteiger partial charge on any atom is 0.233 e. The van der Waals surface area contributed by atoms with Crippen molar-refractivity contribution in [3.8, 4) is 5.75 Å². The zero-order chi connectivity index (χ0) is 18.4. The lowest BCUT2D eigenvalue weighted by Gasteiger charge is -2.32. The molecule has 1 fully saturated rings. The van der Waals surface area contributed by atoms with E-state index in [-0.39, 0.29) is 5.91 Å². The Labute approximate surface area is 159 Å². The number of likely N-dealkylation sites (tertiary alicyclic amines) is 1. The maximum atomic E-state index is 12.5. The molecule has 26 heavy (non-hydrogen) atoms. The van der Waals surface area contributed by atoms with Crippen LogP contribution < -0.4 is 4.74 Å². The minimum Gasteiger partial charge on any atom is -0.493 e. The second-order valence-electron chi connectivity index (χ2n) is 6.74. The van der Waals surface area contributed by atoms with E-state index in [4.69, 9.17) is 4.74 Å². The number of aromatic nitrogens is 2. The summed E-state index contributed by atoms with van der Waals surface area (Å²) >= 11 is 1.40. The molecule has 2 heterocycles. The van der Waals surface area contributed by atoms with Gasteiger partial charge in [-0.2, -0.15) is 0 Å². The third kappa shape index (κ3) is 5.46. The average Bonchev–Trinajstić information content (AvgIpc) is 2.65. The Morgan fingerprint density at radius 1 is 1.35 bits per heavy atom. The highest BCUT2D eigenvalue weighted by Gasteiger charge is 2.24. The number of hydrogen-bond donors (Lipinski definition) is 0. The van der Waals surface area contributed by atoms with E-state index < -0.39 is 0 Å². The number of carbonyl (C=O) groups excluding carboxylic acids is 1. The first kappa shape index (κ1) is 18.7. The van der Waals surface area contributed by atoms with Gasteiger partial charge in [0.1, 0.15) is 5.75 Å². The molecule has 0 aliphatic carbocycles. The van der Waals surface area contributed by atoms with Gasteiger partial charge in [-0.3, -0.25) is 4.79 Å². The third-order valence-electron chi connectivity index (χ3n) is 4.44. The molecular formula is C20H25N3O2S. The van der Waals surface area contributed by atoms with Crippen LogP contribution in [0.2, 0.25) is 0 Å². The van der Waals surface area contributed by atoms with E-state index in [0.717, 1.165) is 37.4 Å². The molecule has 0 spiro atoms. The van der Waals surface area contributed by atoms with Crippen LogP contribution in [0.5, 0.6) is 5.75 Å². The van der Waals surface area contributed by atoms with Crippen molar-refractivity contribution in [3.05, 3.63) is 47.8 Å². The molecule has 3 rings (SSSR count). The quantitative estimate of drug-likeness (QED) is 0.575. The monoisotopic (exact) mass is 371 g/mol. The van der Waals surface area contributed by atoms with Crippen molar-refractivity contribution in [3.63, 3.8) is 0 Å². The third-order valence-corrected chi connectivity index (χ3v) is 5.29. The van der Waals surface area contributed by atoms with E-state index in [1.807, 2.05) is 36.1 Å². The fraction of sp³-hybridized carbons (Fsp3) is 0.450. The molecule has 1 aliphatic heterocycles. The lowest BCUT2D eigenvalue weighted by molar-refractivity contribution is -0.130. The van der Waals surface area contributed by atoms with E-state index in [0.29, 0.717) is 23.4 Å². The van der Waals surface area contributed by atoms with Crippen LogP contribution in [-0.4, -0.2) is 46.2 Å². The summed E-state index contributed by atoms with van der Waals surface area (Å²) < 4.78 is 5.93. The predicted octanol–water partition coefficient (Wildman–Crippen LogP) is 3.50. The summed E-state index contributed by atoms with van der Waals surface area (Å²) in [6.07, 6.45) is 3.86. The Morgan fingerprint density at radius 3 is 3.04 bits per heavy atom. The first-order valence-electron chi connectivity index (χ1n) is 9.00. The highest BCUT2D eigenvalue weighted by Crippen LogP contribution is 2.21. The number of benzene rings is 1. The summed E-state index contributed by atoms with van der Waals surface area (Å²) in [7, 11) is 0. The smallest absolute Gasteiger partial charge is 0.233 e. The molecule has 6 heteroatoms. The molecule has 0 saturated carbocycles. The predicted molar refractivity (Wildman–Crippen MR) is 103 cm³/mol. The molecule has 2 aromatic rings. The van der Waals surface area contributed by atoms with Crippen molar-refractivity contribution in [2.24, 2.45) is 5.92 Å². The van der Waals surface area contributed by atoms with Crippen molar-refractivity contribution in [1.29, 1.82) is 0 Å². The Kier molecular flexibility index (Phi) is 6.50. The summed E-state index contributed by atoms with van der Waals surface area (Å²) in [4.78, 5) is 23.0. The molecule has 0 radical (unpaired) electrons. The molecule has 1 saturated heterocycles. The standard InChI is InChI=1S/C20H25N3O2S/c1-15-5-3-7-18(11-15)25-13-17-6-4-10-23(12-17)19(24)14-26-20-21-9-8-16(2)22-20/h3,5,7-9,11,17H,4,6,10,12-14H2,1-2H3. The number of amides is 1. The number of nitrogens with zero attached hydrogens (tertiary/aromatic N) is 3.